The number of Topliss-reactive ketones (excluding diaryl/α,β-unsaturated/α-hetero) is 1. The highest BCUT2D eigenvalue weighted by molar-refractivity contribution is 5.96. The van der Waals surface area contributed by atoms with Crippen molar-refractivity contribution in [1.82, 2.24) is 0 Å². The number of carbonyl (C=O) groups is 1. The van der Waals surface area contributed by atoms with Crippen LogP contribution in [-0.2, 0) is 0 Å². The summed E-state index contributed by atoms with van der Waals surface area (Å²) < 4.78 is 5.26. The Morgan fingerprint density at radius 1 is 1.40 bits per heavy atom. The van der Waals surface area contributed by atoms with Crippen molar-refractivity contribution >= 4 is 5.78 Å². The van der Waals surface area contributed by atoms with Crippen molar-refractivity contribution < 1.29 is 9.53 Å². The van der Waals surface area contributed by atoms with Crippen molar-refractivity contribution in [1.29, 1.82) is 5.26 Å². The number of carbonyl (C=O) groups excluding carboxylic acids is 1. The summed E-state index contributed by atoms with van der Waals surface area (Å²) in [7, 11) is 0. The van der Waals surface area contributed by atoms with Gasteiger partial charge in [-0.2, -0.15) is 5.26 Å². The fraction of sp³-hybridized carbons (Fsp3) is 0.333. The molecule has 78 valence electrons. The number of nitrogens with zero attached hydrogens (tertiary/aromatic N) is 1. The summed E-state index contributed by atoms with van der Waals surface area (Å²) in [5, 5.41) is 8.35. The highest BCUT2D eigenvalue weighted by atomic mass is 16.5. The molecule has 1 rings (SSSR count). The second-order valence-electron chi connectivity index (χ2n) is 3.04. The van der Waals surface area contributed by atoms with E-state index in [-0.39, 0.29) is 18.6 Å². The molecular weight excluding hydrogens is 190 g/mol. The second-order valence-corrected chi connectivity index (χ2v) is 3.04. The van der Waals surface area contributed by atoms with E-state index in [1.54, 1.807) is 24.3 Å². The van der Waals surface area contributed by atoms with Gasteiger partial charge in [-0.15, -0.1) is 0 Å². The van der Waals surface area contributed by atoms with Gasteiger partial charge in [0.1, 0.15) is 5.75 Å². The Morgan fingerprint density at radius 2 is 2.07 bits per heavy atom. The highest BCUT2D eigenvalue weighted by Crippen LogP contribution is 2.13. The van der Waals surface area contributed by atoms with Gasteiger partial charge >= 0.3 is 0 Å². The molecule has 0 spiro atoms. The fourth-order valence-corrected chi connectivity index (χ4v) is 1.22. The molecule has 3 nitrogen and oxygen atoms in total. The third kappa shape index (κ3) is 3.43. The van der Waals surface area contributed by atoms with E-state index in [0.717, 1.165) is 5.75 Å². The number of rotatable bonds is 5. The molecule has 15 heavy (non-hydrogen) atoms. The first-order chi connectivity index (χ1) is 7.27. The van der Waals surface area contributed by atoms with Gasteiger partial charge in [0.25, 0.3) is 0 Å². The number of nitriles is 1. The molecule has 0 aliphatic heterocycles. The molecule has 0 unspecified atom stereocenters. The zero-order valence-corrected chi connectivity index (χ0v) is 8.69. The number of ketones is 1. The van der Waals surface area contributed by atoms with Crippen LogP contribution in [0.3, 0.4) is 0 Å². The molecule has 0 aliphatic rings. The summed E-state index contributed by atoms with van der Waals surface area (Å²) in [6, 6.07) is 8.94. The average molecular weight is 203 g/mol. The van der Waals surface area contributed by atoms with Crippen LogP contribution in [0, 0.1) is 11.3 Å². The summed E-state index contributed by atoms with van der Waals surface area (Å²) >= 11 is 0. The van der Waals surface area contributed by atoms with Gasteiger partial charge in [-0.05, 0) is 31.2 Å². The van der Waals surface area contributed by atoms with Crippen molar-refractivity contribution in [3.63, 3.8) is 0 Å². The Labute approximate surface area is 89.3 Å². The minimum Gasteiger partial charge on any atom is -0.494 e. The summed E-state index contributed by atoms with van der Waals surface area (Å²) in [4.78, 5) is 11.5. The molecule has 1 aromatic rings. The van der Waals surface area contributed by atoms with Gasteiger partial charge in [0, 0.05) is 18.4 Å². The van der Waals surface area contributed by atoms with Crippen LogP contribution >= 0.6 is 0 Å². The van der Waals surface area contributed by atoms with Gasteiger partial charge in [-0.25, -0.2) is 0 Å². The monoisotopic (exact) mass is 203 g/mol. The van der Waals surface area contributed by atoms with E-state index >= 15 is 0 Å². The van der Waals surface area contributed by atoms with Crippen LogP contribution in [0.4, 0.5) is 0 Å². The van der Waals surface area contributed by atoms with Crippen molar-refractivity contribution in [3.8, 4) is 11.8 Å². The average Bonchev–Trinajstić information content (AvgIpc) is 2.27. The molecular formula is C12H13NO2. The van der Waals surface area contributed by atoms with Crippen LogP contribution in [-0.4, -0.2) is 12.4 Å². The quantitative estimate of drug-likeness (QED) is 0.691. The number of hydrogen-bond donors (Lipinski definition) is 0. The minimum atomic E-state index is -0.000372. The zero-order chi connectivity index (χ0) is 11.1. The standard InChI is InChI=1S/C12H13NO2/c1-2-15-11-7-5-10(6-8-11)12(14)4-3-9-13/h5-8H,2-4H2,1H3. The molecule has 0 aromatic heterocycles. The normalized spacial score (nSPS) is 9.33. The summed E-state index contributed by atoms with van der Waals surface area (Å²) in [6.07, 6.45) is 0.552. The van der Waals surface area contributed by atoms with Crippen LogP contribution in [0.5, 0.6) is 5.75 Å². The third-order valence-corrected chi connectivity index (χ3v) is 1.95. The Bertz CT molecular complexity index is 362. The molecule has 1 aromatic carbocycles. The Balaban J connectivity index is 2.63. The lowest BCUT2D eigenvalue weighted by Crippen LogP contribution is -1.98. The summed E-state index contributed by atoms with van der Waals surface area (Å²) in [5.74, 6) is 0.758. The molecule has 0 heterocycles. The Kier molecular flexibility index (Phi) is 4.36. The molecule has 0 atom stereocenters. The molecule has 0 radical (unpaired) electrons. The topological polar surface area (TPSA) is 50.1 Å². The van der Waals surface area contributed by atoms with E-state index in [2.05, 4.69) is 0 Å². The Hall–Kier alpha value is -1.82. The van der Waals surface area contributed by atoms with Gasteiger partial charge in [-0.1, -0.05) is 0 Å². The molecule has 3 heteroatoms. The van der Waals surface area contributed by atoms with Gasteiger partial charge in [0.05, 0.1) is 12.7 Å². The van der Waals surface area contributed by atoms with Crippen molar-refractivity contribution in [2.24, 2.45) is 0 Å². The van der Waals surface area contributed by atoms with E-state index in [1.165, 1.54) is 0 Å². The predicted octanol–water partition coefficient (Wildman–Crippen LogP) is 2.57. The van der Waals surface area contributed by atoms with E-state index in [0.29, 0.717) is 12.2 Å². The lowest BCUT2D eigenvalue weighted by Gasteiger charge is -2.03. The van der Waals surface area contributed by atoms with Crippen molar-refractivity contribution in [3.05, 3.63) is 29.8 Å². The smallest absolute Gasteiger partial charge is 0.163 e. The number of hydrogen-bond acceptors (Lipinski definition) is 3. The largest absolute Gasteiger partial charge is 0.494 e. The molecule has 0 saturated carbocycles. The maximum atomic E-state index is 11.5. The van der Waals surface area contributed by atoms with E-state index in [4.69, 9.17) is 10.00 Å². The van der Waals surface area contributed by atoms with Crippen LogP contribution in [0.25, 0.3) is 0 Å². The van der Waals surface area contributed by atoms with Gasteiger partial charge in [0.15, 0.2) is 5.78 Å². The number of ether oxygens (including phenoxy) is 1. The maximum Gasteiger partial charge on any atom is 0.163 e. The molecule has 0 saturated heterocycles. The zero-order valence-electron chi connectivity index (χ0n) is 8.69. The minimum absolute atomic E-state index is 0.000372. The SMILES string of the molecule is CCOc1ccc(C(=O)CCC#N)cc1. The number of benzene rings is 1. The third-order valence-electron chi connectivity index (χ3n) is 1.95. The Morgan fingerprint density at radius 3 is 2.60 bits per heavy atom. The maximum absolute atomic E-state index is 11.5. The molecule has 0 amide bonds. The molecule has 0 N–H and O–H groups in total. The van der Waals surface area contributed by atoms with Crippen LogP contribution in [0.2, 0.25) is 0 Å². The van der Waals surface area contributed by atoms with Crippen LogP contribution in [0.1, 0.15) is 30.1 Å². The van der Waals surface area contributed by atoms with Crippen molar-refractivity contribution in [2.45, 2.75) is 19.8 Å². The fourth-order valence-electron chi connectivity index (χ4n) is 1.22. The first-order valence-corrected chi connectivity index (χ1v) is 4.91. The molecule has 0 aliphatic carbocycles. The lowest BCUT2D eigenvalue weighted by molar-refractivity contribution is 0.0984. The van der Waals surface area contributed by atoms with E-state index < -0.39 is 0 Å². The molecule has 0 bridgehead atoms. The van der Waals surface area contributed by atoms with Crippen LogP contribution in [0.15, 0.2) is 24.3 Å². The van der Waals surface area contributed by atoms with Crippen molar-refractivity contribution in [2.75, 3.05) is 6.61 Å². The van der Waals surface area contributed by atoms with Gasteiger partial charge in [-0.3, -0.25) is 4.79 Å². The van der Waals surface area contributed by atoms with Gasteiger partial charge in [0.2, 0.25) is 0 Å². The second kappa shape index (κ2) is 5.82. The summed E-state index contributed by atoms with van der Waals surface area (Å²) in [6.45, 7) is 2.52. The molecule has 0 fully saturated rings. The summed E-state index contributed by atoms with van der Waals surface area (Å²) in [5.41, 5.74) is 0.633. The lowest BCUT2D eigenvalue weighted by atomic mass is 10.1. The van der Waals surface area contributed by atoms with E-state index in [1.807, 2.05) is 13.0 Å². The van der Waals surface area contributed by atoms with Crippen LogP contribution < -0.4 is 4.74 Å². The highest BCUT2D eigenvalue weighted by Gasteiger charge is 2.04. The first kappa shape index (κ1) is 11.3. The van der Waals surface area contributed by atoms with E-state index in [9.17, 15) is 4.79 Å². The first-order valence-electron chi connectivity index (χ1n) is 4.91. The predicted molar refractivity (Wildman–Crippen MR) is 56.8 cm³/mol. The van der Waals surface area contributed by atoms with Gasteiger partial charge < -0.3 is 4.74 Å².